The van der Waals surface area contributed by atoms with Crippen molar-refractivity contribution >= 4 is 5.78 Å². The highest BCUT2D eigenvalue weighted by Gasteiger charge is 2.09. The van der Waals surface area contributed by atoms with Crippen LogP contribution in [0.1, 0.15) is 68.3 Å². The molecule has 0 aromatic heterocycles. The lowest BCUT2D eigenvalue weighted by molar-refractivity contribution is 0.101. The maximum absolute atomic E-state index is 11.5. The molecule has 0 aliphatic rings. The van der Waals surface area contributed by atoms with Gasteiger partial charge in [0.05, 0.1) is 23.8 Å². The third-order valence-corrected chi connectivity index (χ3v) is 3.25. The molecule has 0 bridgehead atoms. The molecular formula is C17H23NO2. The zero-order chi connectivity index (χ0) is 14.8. The molecule has 0 spiro atoms. The number of hydrogen-bond donors (Lipinski definition) is 0. The summed E-state index contributed by atoms with van der Waals surface area (Å²) in [5, 5.41) is 8.89. The fraction of sp³-hybridized carbons (Fsp3) is 0.529. The van der Waals surface area contributed by atoms with Gasteiger partial charge in [-0.15, -0.1) is 0 Å². The van der Waals surface area contributed by atoms with Crippen LogP contribution in [0.15, 0.2) is 18.2 Å². The lowest BCUT2D eigenvalue weighted by Gasteiger charge is -2.10. The van der Waals surface area contributed by atoms with Crippen molar-refractivity contribution in [1.82, 2.24) is 0 Å². The molecule has 0 radical (unpaired) electrons. The zero-order valence-corrected chi connectivity index (χ0v) is 12.4. The topological polar surface area (TPSA) is 50.1 Å². The van der Waals surface area contributed by atoms with Gasteiger partial charge in [0.15, 0.2) is 5.78 Å². The number of unbranched alkanes of at least 4 members (excludes halogenated alkanes) is 5. The molecule has 20 heavy (non-hydrogen) atoms. The SMILES string of the molecule is CCCCCCCCOc1cc(C#N)ccc1C(C)=O. The summed E-state index contributed by atoms with van der Waals surface area (Å²) in [6.45, 7) is 4.31. The van der Waals surface area contributed by atoms with E-state index in [-0.39, 0.29) is 5.78 Å². The van der Waals surface area contributed by atoms with Gasteiger partial charge in [-0.2, -0.15) is 5.26 Å². The van der Waals surface area contributed by atoms with Crippen LogP contribution in [0.2, 0.25) is 0 Å². The van der Waals surface area contributed by atoms with Gasteiger partial charge in [0.25, 0.3) is 0 Å². The molecule has 0 fully saturated rings. The number of carbonyl (C=O) groups is 1. The van der Waals surface area contributed by atoms with Crippen LogP contribution in [0.25, 0.3) is 0 Å². The second-order valence-electron chi connectivity index (χ2n) is 5.00. The molecule has 1 aromatic rings. The number of rotatable bonds is 9. The first kappa shape index (κ1) is 16.2. The van der Waals surface area contributed by atoms with Crippen LogP contribution in [0, 0.1) is 11.3 Å². The van der Waals surface area contributed by atoms with E-state index in [1.165, 1.54) is 32.6 Å². The van der Waals surface area contributed by atoms with Crippen molar-refractivity contribution in [1.29, 1.82) is 5.26 Å². The second-order valence-corrected chi connectivity index (χ2v) is 5.00. The van der Waals surface area contributed by atoms with Crippen LogP contribution >= 0.6 is 0 Å². The Balaban J connectivity index is 2.46. The number of hydrogen-bond acceptors (Lipinski definition) is 3. The fourth-order valence-electron chi connectivity index (χ4n) is 2.07. The molecule has 0 N–H and O–H groups in total. The molecule has 108 valence electrons. The molecule has 0 atom stereocenters. The highest BCUT2D eigenvalue weighted by molar-refractivity contribution is 5.97. The molecule has 3 nitrogen and oxygen atoms in total. The van der Waals surface area contributed by atoms with Crippen LogP contribution in [-0.4, -0.2) is 12.4 Å². The summed E-state index contributed by atoms with van der Waals surface area (Å²) < 4.78 is 5.68. The molecule has 3 heteroatoms. The predicted molar refractivity (Wildman–Crippen MR) is 80.0 cm³/mol. The van der Waals surface area contributed by atoms with Crippen molar-refractivity contribution in [2.45, 2.75) is 52.4 Å². The zero-order valence-electron chi connectivity index (χ0n) is 12.4. The summed E-state index contributed by atoms with van der Waals surface area (Å²) in [6, 6.07) is 7.02. The van der Waals surface area contributed by atoms with Crippen LogP contribution in [0.5, 0.6) is 5.75 Å². The summed E-state index contributed by atoms with van der Waals surface area (Å²) >= 11 is 0. The third kappa shape index (κ3) is 5.44. The molecule has 0 aliphatic heterocycles. The third-order valence-electron chi connectivity index (χ3n) is 3.25. The largest absolute Gasteiger partial charge is 0.493 e. The van der Waals surface area contributed by atoms with Gasteiger partial charge in [-0.25, -0.2) is 0 Å². The molecular weight excluding hydrogens is 250 g/mol. The van der Waals surface area contributed by atoms with E-state index in [1.807, 2.05) is 0 Å². The van der Waals surface area contributed by atoms with Crippen molar-refractivity contribution in [2.75, 3.05) is 6.61 Å². The molecule has 0 unspecified atom stereocenters. The van der Waals surface area contributed by atoms with Gasteiger partial charge in [-0.1, -0.05) is 39.0 Å². The van der Waals surface area contributed by atoms with Crippen LogP contribution in [-0.2, 0) is 0 Å². The van der Waals surface area contributed by atoms with E-state index in [0.717, 1.165) is 12.8 Å². The highest BCUT2D eigenvalue weighted by Crippen LogP contribution is 2.21. The Morgan fingerprint density at radius 3 is 2.55 bits per heavy atom. The summed E-state index contributed by atoms with van der Waals surface area (Å²) in [5.41, 5.74) is 1.07. The van der Waals surface area contributed by atoms with Crippen molar-refractivity contribution in [2.24, 2.45) is 0 Å². The van der Waals surface area contributed by atoms with Gasteiger partial charge >= 0.3 is 0 Å². The molecule has 0 saturated heterocycles. The number of ketones is 1. The smallest absolute Gasteiger partial charge is 0.163 e. The standard InChI is InChI=1S/C17H23NO2/c1-3-4-5-6-7-8-11-20-17-12-15(13-18)9-10-16(17)14(2)19/h9-10,12H,3-8,11H2,1-2H3. The minimum atomic E-state index is -0.0348. The van der Waals surface area contributed by atoms with Crippen molar-refractivity contribution < 1.29 is 9.53 Å². The Bertz CT molecular complexity index is 474. The minimum Gasteiger partial charge on any atom is -0.493 e. The number of nitriles is 1. The molecule has 0 saturated carbocycles. The Labute approximate surface area is 121 Å². The van der Waals surface area contributed by atoms with Gasteiger partial charge in [-0.05, 0) is 31.5 Å². The van der Waals surface area contributed by atoms with E-state index in [0.29, 0.717) is 23.5 Å². The fourth-order valence-corrected chi connectivity index (χ4v) is 2.07. The molecule has 1 rings (SSSR count). The number of Topliss-reactive ketones (excluding diaryl/α,β-unsaturated/α-hetero) is 1. The van der Waals surface area contributed by atoms with Crippen molar-refractivity contribution in [3.05, 3.63) is 29.3 Å². The van der Waals surface area contributed by atoms with Gasteiger partial charge in [0.2, 0.25) is 0 Å². The summed E-state index contributed by atoms with van der Waals surface area (Å²) in [4.78, 5) is 11.5. The molecule has 1 aromatic carbocycles. The lowest BCUT2D eigenvalue weighted by Crippen LogP contribution is -2.03. The van der Waals surface area contributed by atoms with E-state index < -0.39 is 0 Å². The highest BCUT2D eigenvalue weighted by atomic mass is 16.5. The quantitative estimate of drug-likeness (QED) is 0.491. The number of benzene rings is 1. The summed E-state index contributed by atoms with van der Waals surface area (Å²) in [7, 11) is 0. The minimum absolute atomic E-state index is 0.0348. The monoisotopic (exact) mass is 273 g/mol. The van der Waals surface area contributed by atoms with Gasteiger partial charge < -0.3 is 4.74 Å². The first-order valence-corrected chi connectivity index (χ1v) is 7.37. The molecule has 0 heterocycles. The van der Waals surface area contributed by atoms with E-state index in [2.05, 4.69) is 13.0 Å². The Kier molecular flexibility index (Phi) is 7.42. The van der Waals surface area contributed by atoms with Crippen LogP contribution < -0.4 is 4.74 Å². The van der Waals surface area contributed by atoms with Gasteiger partial charge in [-0.3, -0.25) is 4.79 Å². The van der Waals surface area contributed by atoms with Gasteiger partial charge in [0, 0.05) is 0 Å². The van der Waals surface area contributed by atoms with Gasteiger partial charge in [0.1, 0.15) is 5.75 Å². The van der Waals surface area contributed by atoms with Crippen molar-refractivity contribution in [3.63, 3.8) is 0 Å². The van der Waals surface area contributed by atoms with E-state index in [4.69, 9.17) is 10.00 Å². The number of carbonyl (C=O) groups excluding carboxylic acids is 1. The average Bonchev–Trinajstić information content (AvgIpc) is 2.45. The normalized spacial score (nSPS) is 10.1. The van der Waals surface area contributed by atoms with E-state index in [9.17, 15) is 4.79 Å². The lowest BCUT2D eigenvalue weighted by atomic mass is 10.1. The molecule has 0 amide bonds. The van der Waals surface area contributed by atoms with E-state index in [1.54, 1.807) is 18.2 Å². The number of ether oxygens (including phenoxy) is 1. The Morgan fingerprint density at radius 1 is 1.20 bits per heavy atom. The predicted octanol–water partition coefficient (Wildman–Crippen LogP) is 4.50. The summed E-state index contributed by atoms with van der Waals surface area (Å²) in [5.74, 6) is 0.498. The Hall–Kier alpha value is -1.82. The van der Waals surface area contributed by atoms with Crippen molar-refractivity contribution in [3.8, 4) is 11.8 Å². The Morgan fingerprint density at radius 2 is 1.90 bits per heavy atom. The second kappa shape index (κ2) is 9.14. The maximum atomic E-state index is 11.5. The summed E-state index contributed by atoms with van der Waals surface area (Å²) in [6.07, 6.45) is 7.18. The van der Waals surface area contributed by atoms with Crippen LogP contribution in [0.3, 0.4) is 0 Å². The van der Waals surface area contributed by atoms with E-state index >= 15 is 0 Å². The first-order chi connectivity index (χ1) is 9.69. The maximum Gasteiger partial charge on any atom is 0.163 e. The average molecular weight is 273 g/mol. The number of nitrogens with zero attached hydrogens (tertiary/aromatic N) is 1. The van der Waals surface area contributed by atoms with Crippen LogP contribution in [0.4, 0.5) is 0 Å². The first-order valence-electron chi connectivity index (χ1n) is 7.37. The molecule has 0 aliphatic carbocycles.